The number of primary amides is 1. The summed E-state index contributed by atoms with van der Waals surface area (Å²) in [7, 11) is 0. The van der Waals surface area contributed by atoms with Crippen LogP contribution in [0.15, 0.2) is 42.6 Å². The molecular weight excluding hydrogens is 545 g/mol. The van der Waals surface area contributed by atoms with Gasteiger partial charge in [-0.3, -0.25) is 19.6 Å². The summed E-state index contributed by atoms with van der Waals surface area (Å²) in [5, 5.41) is 0.563. The fourth-order valence-corrected chi connectivity index (χ4v) is 5.61. The van der Waals surface area contributed by atoms with Gasteiger partial charge in [-0.15, -0.1) is 0 Å². The minimum absolute atomic E-state index is 0.0198. The van der Waals surface area contributed by atoms with E-state index in [1.54, 1.807) is 17.0 Å². The van der Waals surface area contributed by atoms with E-state index in [9.17, 15) is 22.8 Å². The molecule has 3 heterocycles. The SMILES string of the molecule is CC(C)(C)[C@H]1CN(C(c2ccc(Cl)cc2)c2ccc(C(F)(F)F)nc2)CCN1C(=O)CN1CCN(C(N)=O)CC1. The summed E-state index contributed by atoms with van der Waals surface area (Å²) in [6, 6.07) is 8.81. The Balaban J connectivity index is 1.56. The zero-order valence-corrected chi connectivity index (χ0v) is 23.8. The number of carbonyl (C=O) groups is 2. The van der Waals surface area contributed by atoms with Crippen molar-refractivity contribution in [1.29, 1.82) is 0 Å². The Morgan fingerprint density at radius 3 is 2.12 bits per heavy atom. The van der Waals surface area contributed by atoms with Gasteiger partial charge >= 0.3 is 12.2 Å². The van der Waals surface area contributed by atoms with Gasteiger partial charge < -0.3 is 15.5 Å². The lowest BCUT2D eigenvalue weighted by Gasteiger charge is -2.50. The molecule has 0 aliphatic carbocycles. The van der Waals surface area contributed by atoms with E-state index in [0.29, 0.717) is 56.4 Å². The molecule has 2 aliphatic rings. The fraction of sp³-hybridized carbons (Fsp3) is 0.536. The molecule has 8 nitrogen and oxygen atoms in total. The van der Waals surface area contributed by atoms with E-state index < -0.39 is 17.9 Å². The van der Waals surface area contributed by atoms with Crippen molar-refractivity contribution in [1.82, 2.24) is 24.6 Å². The topological polar surface area (TPSA) is 86.0 Å². The summed E-state index contributed by atoms with van der Waals surface area (Å²) in [5.41, 5.74) is 5.69. The Morgan fingerprint density at radius 1 is 0.975 bits per heavy atom. The summed E-state index contributed by atoms with van der Waals surface area (Å²) in [6.07, 6.45) is -3.23. The quantitative estimate of drug-likeness (QED) is 0.576. The van der Waals surface area contributed by atoms with Crippen molar-refractivity contribution < 1.29 is 22.8 Å². The number of hydrogen-bond donors (Lipinski definition) is 1. The highest BCUT2D eigenvalue weighted by atomic mass is 35.5. The molecule has 1 unspecified atom stereocenters. The van der Waals surface area contributed by atoms with E-state index in [0.717, 1.165) is 11.6 Å². The smallest absolute Gasteiger partial charge is 0.351 e. The number of nitrogens with two attached hydrogens (primary N) is 1. The highest BCUT2D eigenvalue weighted by Gasteiger charge is 2.41. The number of halogens is 4. The van der Waals surface area contributed by atoms with Gasteiger partial charge in [-0.25, -0.2) is 4.79 Å². The monoisotopic (exact) mass is 580 g/mol. The third-order valence-electron chi connectivity index (χ3n) is 7.72. The molecule has 2 aromatic rings. The Bertz CT molecular complexity index is 1180. The zero-order chi connectivity index (χ0) is 29.2. The van der Waals surface area contributed by atoms with E-state index in [1.165, 1.54) is 12.3 Å². The second-order valence-corrected chi connectivity index (χ2v) is 11.9. The number of pyridine rings is 1. The van der Waals surface area contributed by atoms with Gasteiger partial charge in [-0.05, 0) is 34.7 Å². The van der Waals surface area contributed by atoms with Crippen molar-refractivity contribution in [2.45, 2.75) is 39.0 Å². The Morgan fingerprint density at radius 2 is 1.60 bits per heavy atom. The highest BCUT2D eigenvalue weighted by molar-refractivity contribution is 6.30. The van der Waals surface area contributed by atoms with Gasteiger partial charge in [0.25, 0.3) is 0 Å². The number of amides is 3. The number of rotatable bonds is 5. The third kappa shape index (κ3) is 7.05. The van der Waals surface area contributed by atoms with Gasteiger partial charge in [0.2, 0.25) is 5.91 Å². The minimum Gasteiger partial charge on any atom is -0.351 e. The van der Waals surface area contributed by atoms with Gasteiger partial charge in [-0.2, -0.15) is 13.2 Å². The molecule has 2 saturated heterocycles. The highest BCUT2D eigenvalue weighted by Crippen LogP contribution is 2.36. The summed E-state index contributed by atoms with van der Waals surface area (Å²) >= 11 is 6.13. The summed E-state index contributed by atoms with van der Waals surface area (Å²) in [5.74, 6) is 0.0198. The van der Waals surface area contributed by atoms with Crippen LogP contribution >= 0.6 is 11.6 Å². The van der Waals surface area contributed by atoms with Gasteiger partial charge in [0.1, 0.15) is 5.69 Å². The summed E-state index contributed by atoms with van der Waals surface area (Å²) < 4.78 is 39.6. The maximum absolute atomic E-state index is 13.6. The molecule has 3 amide bonds. The van der Waals surface area contributed by atoms with Crippen molar-refractivity contribution in [3.63, 3.8) is 0 Å². The molecule has 2 aliphatic heterocycles. The van der Waals surface area contributed by atoms with E-state index >= 15 is 0 Å². The van der Waals surface area contributed by atoms with E-state index in [-0.39, 0.29) is 30.0 Å². The Labute approximate surface area is 237 Å². The Hall–Kier alpha value is -2.89. The third-order valence-corrected chi connectivity index (χ3v) is 7.97. The lowest BCUT2D eigenvalue weighted by molar-refractivity contribution is -0.142. The number of hydrogen-bond acceptors (Lipinski definition) is 5. The van der Waals surface area contributed by atoms with Crippen LogP contribution in [0.25, 0.3) is 0 Å². The van der Waals surface area contributed by atoms with E-state index in [1.807, 2.05) is 21.9 Å². The first-order chi connectivity index (χ1) is 18.7. The zero-order valence-electron chi connectivity index (χ0n) is 23.0. The number of benzene rings is 1. The molecule has 4 rings (SSSR count). The van der Waals surface area contributed by atoms with E-state index in [4.69, 9.17) is 17.3 Å². The van der Waals surface area contributed by atoms with E-state index in [2.05, 4.69) is 30.7 Å². The van der Waals surface area contributed by atoms with Crippen LogP contribution in [0.2, 0.25) is 5.02 Å². The number of alkyl halides is 3. The lowest BCUT2D eigenvalue weighted by atomic mass is 9.83. The first kappa shape index (κ1) is 30.1. The second-order valence-electron chi connectivity index (χ2n) is 11.5. The molecule has 1 aromatic heterocycles. The van der Waals surface area contributed by atoms with Gasteiger partial charge in [0.05, 0.1) is 12.6 Å². The maximum atomic E-state index is 13.6. The number of carbonyl (C=O) groups excluding carboxylic acids is 2. The second kappa shape index (κ2) is 11.9. The molecular formula is C28H36ClF3N6O2. The summed E-state index contributed by atoms with van der Waals surface area (Å²) in [6.45, 7) is 10.2. The molecule has 2 atom stereocenters. The predicted molar refractivity (Wildman–Crippen MR) is 147 cm³/mol. The van der Waals surface area contributed by atoms with Crippen molar-refractivity contribution in [2.75, 3.05) is 52.4 Å². The molecule has 1 aromatic carbocycles. The van der Waals surface area contributed by atoms with Crippen LogP contribution < -0.4 is 5.73 Å². The van der Waals surface area contributed by atoms with Gasteiger partial charge in [-0.1, -0.05) is 50.6 Å². The molecule has 0 spiro atoms. The number of nitrogens with zero attached hydrogens (tertiary/aromatic N) is 5. The molecule has 218 valence electrons. The summed E-state index contributed by atoms with van der Waals surface area (Å²) in [4.78, 5) is 36.5. The van der Waals surface area contributed by atoms with Crippen LogP contribution in [-0.2, 0) is 11.0 Å². The van der Waals surface area contributed by atoms with Crippen LogP contribution in [0.1, 0.15) is 43.6 Å². The molecule has 0 radical (unpaired) electrons. The Kier molecular flexibility index (Phi) is 8.96. The molecule has 2 fully saturated rings. The number of aromatic nitrogens is 1. The van der Waals surface area contributed by atoms with Crippen molar-refractivity contribution in [3.05, 3.63) is 64.4 Å². The molecule has 0 saturated carbocycles. The van der Waals surface area contributed by atoms with Crippen LogP contribution in [0.5, 0.6) is 0 Å². The molecule has 12 heteroatoms. The molecule has 40 heavy (non-hydrogen) atoms. The van der Waals surface area contributed by atoms with Crippen LogP contribution in [-0.4, -0.2) is 94.9 Å². The molecule has 0 bridgehead atoms. The average Bonchev–Trinajstić information content (AvgIpc) is 2.89. The molecule has 2 N–H and O–H groups in total. The maximum Gasteiger partial charge on any atom is 0.433 e. The lowest BCUT2D eigenvalue weighted by Crippen LogP contribution is -2.62. The average molecular weight is 581 g/mol. The van der Waals surface area contributed by atoms with Crippen molar-refractivity contribution in [2.24, 2.45) is 11.1 Å². The van der Waals surface area contributed by atoms with Gasteiger partial charge in [0.15, 0.2) is 0 Å². The first-order valence-corrected chi connectivity index (χ1v) is 13.7. The number of piperazine rings is 2. The van der Waals surface area contributed by atoms with Crippen LogP contribution in [0.3, 0.4) is 0 Å². The van der Waals surface area contributed by atoms with Gasteiger partial charge in [0, 0.05) is 63.1 Å². The largest absolute Gasteiger partial charge is 0.433 e. The first-order valence-electron chi connectivity index (χ1n) is 13.3. The fourth-order valence-electron chi connectivity index (χ4n) is 5.48. The minimum atomic E-state index is -4.52. The van der Waals surface area contributed by atoms with Crippen LogP contribution in [0.4, 0.5) is 18.0 Å². The standard InChI is InChI=1S/C28H36ClF3N6O2/c1-27(2,3)23-17-37(14-15-38(23)24(39)18-35-10-12-36(13-11-35)26(33)40)25(19-4-7-21(29)8-5-19)20-6-9-22(34-16-20)28(30,31)32/h4-9,16,23,25H,10-15,17-18H2,1-3H3,(H2,33,40)/t23-,25?/m1/s1. The number of urea groups is 1. The van der Waals surface area contributed by atoms with Crippen LogP contribution in [0, 0.1) is 5.41 Å². The normalized spacial score (nSPS) is 20.4. The van der Waals surface area contributed by atoms with Crippen molar-refractivity contribution >= 4 is 23.5 Å². The predicted octanol–water partition coefficient (Wildman–Crippen LogP) is 4.10. The van der Waals surface area contributed by atoms with Crippen molar-refractivity contribution in [3.8, 4) is 0 Å².